The van der Waals surface area contributed by atoms with E-state index in [0.29, 0.717) is 6.42 Å². The second kappa shape index (κ2) is 15.6. The molecule has 0 heterocycles. The molecule has 3 atom stereocenters. The van der Waals surface area contributed by atoms with Gasteiger partial charge in [0.2, 0.25) is 11.8 Å². The topological polar surface area (TPSA) is 196 Å². The van der Waals surface area contributed by atoms with Crippen LogP contribution in [0.2, 0.25) is 0 Å². The van der Waals surface area contributed by atoms with Crippen LogP contribution in [0.1, 0.15) is 59.4 Å². The minimum absolute atomic E-state index is 0.0122. The molecular weight excluding hydrogens is 540 g/mol. The third-order valence-corrected chi connectivity index (χ3v) is 6.20. The summed E-state index contributed by atoms with van der Waals surface area (Å²) in [6.45, 7) is 9.16. The van der Waals surface area contributed by atoms with Gasteiger partial charge in [0.25, 0.3) is 0 Å². The minimum Gasteiger partial charge on any atom is -0.480 e. The molecule has 0 fully saturated rings. The van der Waals surface area contributed by atoms with Crippen molar-refractivity contribution in [1.82, 2.24) is 21.3 Å². The molecule has 0 saturated carbocycles. The SMILES string of the molecule is CC(C)C[C@H](NC(=O)[C@H](Cc1ccc2ccccc2c1)NC(=O)OC(C)(C)C)C(=O)N[C@@H](CCCNC(=N)N)C(=O)O. The van der Waals surface area contributed by atoms with E-state index in [9.17, 15) is 24.3 Å². The molecule has 12 nitrogen and oxygen atoms in total. The number of carboxylic acid groups (broad SMARTS) is 1. The van der Waals surface area contributed by atoms with Gasteiger partial charge < -0.3 is 36.8 Å². The number of guanidine groups is 1. The van der Waals surface area contributed by atoms with Crippen molar-refractivity contribution in [3.63, 3.8) is 0 Å². The molecule has 0 aliphatic carbocycles. The molecule has 0 aliphatic heterocycles. The van der Waals surface area contributed by atoms with E-state index in [1.807, 2.05) is 56.3 Å². The zero-order valence-corrected chi connectivity index (χ0v) is 25.0. The molecule has 0 aromatic heterocycles. The van der Waals surface area contributed by atoms with E-state index in [0.717, 1.165) is 16.3 Å². The molecule has 12 heteroatoms. The zero-order valence-electron chi connectivity index (χ0n) is 25.0. The van der Waals surface area contributed by atoms with E-state index in [2.05, 4.69) is 21.3 Å². The van der Waals surface area contributed by atoms with Crippen LogP contribution in [0.4, 0.5) is 4.79 Å². The molecular formula is C30H44N6O6. The van der Waals surface area contributed by atoms with E-state index < -0.39 is 47.6 Å². The highest BCUT2D eigenvalue weighted by Crippen LogP contribution is 2.17. The van der Waals surface area contributed by atoms with Crippen LogP contribution in [0.3, 0.4) is 0 Å². The first kappa shape index (κ1) is 33.9. The molecule has 0 bridgehead atoms. The van der Waals surface area contributed by atoms with Crippen molar-refractivity contribution in [2.75, 3.05) is 6.54 Å². The second-order valence-corrected chi connectivity index (χ2v) is 11.7. The number of nitrogens with one attached hydrogen (secondary N) is 5. The molecule has 0 radical (unpaired) electrons. The lowest BCUT2D eigenvalue weighted by atomic mass is 9.99. The third-order valence-electron chi connectivity index (χ3n) is 6.20. The van der Waals surface area contributed by atoms with Gasteiger partial charge in [0, 0.05) is 13.0 Å². The van der Waals surface area contributed by atoms with Gasteiger partial charge in [-0.1, -0.05) is 56.3 Å². The summed E-state index contributed by atoms with van der Waals surface area (Å²) >= 11 is 0. The van der Waals surface area contributed by atoms with Gasteiger partial charge >= 0.3 is 12.1 Å². The number of nitrogens with two attached hydrogens (primary N) is 1. The zero-order chi connectivity index (χ0) is 31.4. The maximum absolute atomic E-state index is 13.6. The summed E-state index contributed by atoms with van der Waals surface area (Å²) in [5.74, 6) is -2.72. The number of amides is 3. The molecule has 0 saturated heterocycles. The number of rotatable bonds is 14. The normalized spacial score (nSPS) is 13.5. The monoisotopic (exact) mass is 584 g/mol. The second-order valence-electron chi connectivity index (χ2n) is 11.7. The molecule has 3 amide bonds. The summed E-state index contributed by atoms with van der Waals surface area (Å²) in [5, 5.41) is 29.3. The largest absolute Gasteiger partial charge is 0.480 e. The molecule has 230 valence electrons. The van der Waals surface area contributed by atoms with Crippen molar-refractivity contribution in [2.24, 2.45) is 11.7 Å². The first-order valence-corrected chi connectivity index (χ1v) is 14.0. The Kier molecular flexibility index (Phi) is 12.6. The first-order valence-electron chi connectivity index (χ1n) is 14.0. The van der Waals surface area contributed by atoms with Gasteiger partial charge in [-0.25, -0.2) is 9.59 Å². The van der Waals surface area contributed by atoms with Crippen LogP contribution in [0.15, 0.2) is 42.5 Å². The molecule has 42 heavy (non-hydrogen) atoms. The first-order chi connectivity index (χ1) is 19.6. The highest BCUT2D eigenvalue weighted by Gasteiger charge is 2.31. The van der Waals surface area contributed by atoms with Gasteiger partial charge in [-0.2, -0.15) is 0 Å². The molecule has 2 aromatic rings. The predicted octanol–water partition coefficient (Wildman–Crippen LogP) is 2.64. The van der Waals surface area contributed by atoms with Crippen molar-refractivity contribution in [2.45, 2.75) is 84.0 Å². The van der Waals surface area contributed by atoms with Crippen LogP contribution in [0, 0.1) is 11.3 Å². The summed E-state index contributed by atoms with van der Waals surface area (Å²) in [7, 11) is 0. The van der Waals surface area contributed by atoms with E-state index in [1.165, 1.54) is 0 Å². The van der Waals surface area contributed by atoms with Gasteiger partial charge in [-0.3, -0.25) is 15.0 Å². The summed E-state index contributed by atoms with van der Waals surface area (Å²) < 4.78 is 5.38. The van der Waals surface area contributed by atoms with Gasteiger partial charge in [-0.15, -0.1) is 0 Å². The number of alkyl carbamates (subject to hydrolysis) is 1. The minimum atomic E-state index is -1.22. The van der Waals surface area contributed by atoms with Crippen LogP contribution in [-0.2, 0) is 25.5 Å². The van der Waals surface area contributed by atoms with Crippen molar-refractivity contribution in [1.29, 1.82) is 5.41 Å². The molecule has 0 unspecified atom stereocenters. The quantitative estimate of drug-likeness (QED) is 0.0999. The van der Waals surface area contributed by atoms with Crippen LogP contribution in [0.25, 0.3) is 10.8 Å². The Hall–Kier alpha value is -4.35. The molecule has 0 aliphatic rings. The average Bonchev–Trinajstić information content (AvgIpc) is 2.87. The highest BCUT2D eigenvalue weighted by atomic mass is 16.6. The van der Waals surface area contributed by atoms with E-state index in [-0.39, 0.29) is 37.7 Å². The Balaban J connectivity index is 2.24. The Morgan fingerprint density at radius 1 is 0.929 bits per heavy atom. The number of benzene rings is 2. The predicted molar refractivity (Wildman–Crippen MR) is 161 cm³/mol. The van der Waals surface area contributed by atoms with Crippen molar-refractivity contribution >= 4 is 40.6 Å². The number of carbonyl (C=O) groups excluding carboxylic acids is 3. The smallest absolute Gasteiger partial charge is 0.408 e. The van der Waals surface area contributed by atoms with Crippen LogP contribution in [-0.4, -0.2) is 65.2 Å². The fourth-order valence-corrected chi connectivity index (χ4v) is 4.29. The Morgan fingerprint density at radius 2 is 1.55 bits per heavy atom. The molecule has 0 spiro atoms. The third kappa shape index (κ3) is 12.0. The van der Waals surface area contributed by atoms with Crippen LogP contribution < -0.4 is 27.0 Å². The molecule has 8 N–H and O–H groups in total. The van der Waals surface area contributed by atoms with Gasteiger partial charge in [0.05, 0.1) is 0 Å². The summed E-state index contributed by atoms with van der Waals surface area (Å²) in [6.07, 6.45) is 0.0242. The van der Waals surface area contributed by atoms with Crippen LogP contribution in [0.5, 0.6) is 0 Å². The average molecular weight is 585 g/mol. The number of hydrogen-bond donors (Lipinski definition) is 7. The van der Waals surface area contributed by atoms with Crippen molar-refractivity contribution < 1.29 is 29.0 Å². The lowest BCUT2D eigenvalue weighted by Gasteiger charge is -2.27. The lowest BCUT2D eigenvalue weighted by molar-refractivity contribution is -0.142. The fraction of sp³-hybridized carbons (Fsp3) is 0.500. The maximum atomic E-state index is 13.6. The number of fused-ring (bicyclic) bond motifs is 1. The van der Waals surface area contributed by atoms with E-state index in [4.69, 9.17) is 15.9 Å². The Labute approximate surface area is 246 Å². The van der Waals surface area contributed by atoms with E-state index in [1.54, 1.807) is 20.8 Å². The number of ether oxygens (including phenoxy) is 1. The number of hydrogen-bond acceptors (Lipinski definition) is 6. The van der Waals surface area contributed by atoms with Gasteiger partial charge in [-0.05, 0) is 62.3 Å². The standard InChI is InChI=1S/C30H44N6O6/c1-18(2)15-23(25(37)34-22(27(39)40)11-8-14-33-28(31)32)35-26(38)24(36-29(41)42-30(3,4)5)17-19-12-13-20-9-6-7-10-21(20)16-19/h6-7,9-10,12-13,16,18,22-24H,8,11,14-15,17H2,1-5H3,(H,34,37)(H,35,38)(H,36,41)(H,39,40)(H4,31,32,33)/t22-,23-,24-/m0/s1. The maximum Gasteiger partial charge on any atom is 0.408 e. The molecule has 2 rings (SSSR count). The summed E-state index contributed by atoms with van der Waals surface area (Å²) in [4.78, 5) is 51.3. The van der Waals surface area contributed by atoms with Gasteiger partial charge in [0.1, 0.15) is 23.7 Å². The van der Waals surface area contributed by atoms with E-state index >= 15 is 0 Å². The fourth-order valence-electron chi connectivity index (χ4n) is 4.29. The Morgan fingerprint density at radius 3 is 2.14 bits per heavy atom. The van der Waals surface area contributed by atoms with Crippen molar-refractivity contribution in [3.8, 4) is 0 Å². The number of carboxylic acids is 1. The molecule has 2 aromatic carbocycles. The Bertz CT molecular complexity index is 1260. The summed E-state index contributed by atoms with van der Waals surface area (Å²) in [5.41, 5.74) is 5.25. The van der Waals surface area contributed by atoms with Crippen molar-refractivity contribution in [3.05, 3.63) is 48.0 Å². The van der Waals surface area contributed by atoms with Gasteiger partial charge in [0.15, 0.2) is 5.96 Å². The summed E-state index contributed by atoms with van der Waals surface area (Å²) in [6, 6.07) is 10.2. The highest BCUT2D eigenvalue weighted by molar-refractivity contribution is 5.93. The number of carbonyl (C=O) groups is 4. The lowest BCUT2D eigenvalue weighted by Crippen LogP contribution is -2.56. The number of aliphatic carboxylic acids is 1. The van der Waals surface area contributed by atoms with Crippen LogP contribution >= 0.6 is 0 Å².